The van der Waals surface area contributed by atoms with Crippen molar-refractivity contribution in [1.29, 1.82) is 0 Å². The predicted octanol–water partition coefficient (Wildman–Crippen LogP) is 3.01. The van der Waals surface area contributed by atoms with Gasteiger partial charge in [-0.3, -0.25) is 4.79 Å². The smallest absolute Gasteiger partial charge is 0.226 e. The summed E-state index contributed by atoms with van der Waals surface area (Å²) >= 11 is 7.05. The van der Waals surface area contributed by atoms with Gasteiger partial charge in [0.1, 0.15) is 0 Å². The first-order valence-electron chi connectivity index (χ1n) is 4.91. The number of nitrogens with one attached hydrogen (secondary N) is 1. The lowest BCUT2D eigenvalue weighted by molar-refractivity contribution is -0.117. The van der Waals surface area contributed by atoms with E-state index in [1.54, 1.807) is 0 Å². The lowest BCUT2D eigenvalue weighted by atomic mass is 10.1. The highest BCUT2D eigenvalue weighted by molar-refractivity contribution is 7.13. The summed E-state index contributed by atoms with van der Waals surface area (Å²) in [4.78, 5) is 15.8. The fourth-order valence-electron chi connectivity index (χ4n) is 1.37. The Morgan fingerprint density at radius 1 is 1.73 bits per heavy atom. The van der Waals surface area contributed by atoms with Crippen molar-refractivity contribution >= 4 is 34.0 Å². The van der Waals surface area contributed by atoms with Gasteiger partial charge in [-0.05, 0) is 18.3 Å². The third-order valence-corrected chi connectivity index (χ3v) is 3.71. The molecule has 0 aliphatic heterocycles. The Morgan fingerprint density at radius 2 is 2.47 bits per heavy atom. The van der Waals surface area contributed by atoms with Gasteiger partial charge < -0.3 is 5.32 Å². The van der Waals surface area contributed by atoms with Crippen LogP contribution in [0, 0.1) is 5.41 Å². The van der Waals surface area contributed by atoms with Gasteiger partial charge in [0.15, 0.2) is 5.13 Å². The van der Waals surface area contributed by atoms with Crippen LogP contribution in [0.2, 0.25) is 0 Å². The summed E-state index contributed by atoms with van der Waals surface area (Å²) in [5.74, 6) is 0.454. The molecule has 0 bridgehead atoms. The minimum Gasteiger partial charge on any atom is -0.302 e. The molecule has 1 aliphatic carbocycles. The molecule has 5 heteroatoms. The molecular weight excluding hydrogens is 232 g/mol. The van der Waals surface area contributed by atoms with E-state index >= 15 is 0 Å². The normalized spacial score (nSPS) is 17.5. The van der Waals surface area contributed by atoms with Gasteiger partial charge in [0.25, 0.3) is 0 Å². The Bertz CT molecular complexity index is 373. The van der Waals surface area contributed by atoms with Crippen LogP contribution in [0.25, 0.3) is 0 Å². The van der Waals surface area contributed by atoms with Crippen LogP contribution < -0.4 is 5.32 Å². The quantitative estimate of drug-likeness (QED) is 0.828. The Hall–Kier alpha value is -0.610. The maximum atomic E-state index is 11.6. The van der Waals surface area contributed by atoms with Crippen LogP contribution in [0.5, 0.6) is 0 Å². The van der Waals surface area contributed by atoms with E-state index in [4.69, 9.17) is 11.6 Å². The number of nitrogens with zero attached hydrogens (tertiary/aromatic N) is 1. The average molecular weight is 245 g/mol. The van der Waals surface area contributed by atoms with Gasteiger partial charge in [-0.1, -0.05) is 6.92 Å². The number of hydrogen-bond donors (Lipinski definition) is 1. The van der Waals surface area contributed by atoms with E-state index in [0.717, 1.165) is 18.5 Å². The van der Waals surface area contributed by atoms with Crippen molar-refractivity contribution in [3.8, 4) is 0 Å². The van der Waals surface area contributed by atoms with Crippen LogP contribution >= 0.6 is 22.9 Å². The van der Waals surface area contributed by atoms with Crippen LogP contribution in [-0.2, 0) is 10.7 Å². The molecule has 1 fully saturated rings. The number of amides is 1. The van der Waals surface area contributed by atoms with Crippen molar-refractivity contribution in [2.45, 2.75) is 32.1 Å². The number of rotatable bonds is 4. The number of hydrogen-bond acceptors (Lipinski definition) is 3. The first-order chi connectivity index (χ1) is 7.11. The predicted molar refractivity (Wildman–Crippen MR) is 62.3 cm³/mol. The molecule has 3 nitrogen and oxygen atoms in total. The average Bonchev–Trinajstić information content (AvgIpc) is 2.75. The maximum absolute atomic E-state index is 11.6. The Labute approximate surface area is 97.9 Å². The van der Waals surface area contributed by atoms with Crippen molar-refractivity contribution in [3.63, 3.8) is 0 Å². The molecule has 1 aromatic heterocycles. The molecule has 0 unspecified atom stereocenters. The summed E-state index contributed by atoms with van der Waals surface area (Å²) in [6, 6.07) is 0. The zero-order chi connectivity index (χ0) is 10.9. The number of anilines is 1. The molecule has 1 saturated carbocycles. The maximum Gasteiger partial charge on any atom is 0.226 e. The van der Waals surface area contributed by atoms with Gasteiger partial charge in [0.2, 0.25) is 5.91 Å². The van der Waals surface area contributed by atoms with Gasteiger partial charge in [0.05, 0.1) is 11.6 Å². The van der Waals surface area contributed by atoms with Crippen molar-refractivity contribution < 1.29 is 4.79 Å². The Kier molecular flexibility index (Phi) is 2.98. The first kappa shape index (κ1) is 10.9. The number of alkyl halides is 1. The monoisotopic (exact) mass is 244 g/mol. The molecular formula is C10H13ClN2OS. The number of aromatic nitrogens is 1. The van der Waals surface area contributed by atoms with Crippen molar-refractivity contribution in [3.05, 3.63) is 11.1 Å². The fraction of sp³-hybridized carbons (Fsp3) is 0.600. The second kappa shape index (κ2) is 4.10. The van der Waals surface area contributed by atoms with Gasteiger partial charge in [-0.15, -0.1) is 22.9 Å². The van der Waals surface area contributed by atoms with Gasteiger partial charge in [0, 0.05) is 11.8 Å². The topological polar surface area (TPSA) is 42.0 Å². The zero-order valence-corrected chi connectivity index (χ0v) is 10.1. The summed E-state index contributed by atoms with van der Waals surface area (Å²) in [7, 11) is 0. The number of thiazole rings is 1. The highest BCUT2D eigenvalue weighted by Gasteiger charge is 2.39. The van der Waals surface area contributed by atoms with Crippen molar-refractivity contribution in [2.75, 3.05) is 5.32 Å². The van der Waals surface area contributed by atoms with Crippen molar-refractivity contribution in [2.24, 2.45) is 5.41 Å². The summed E-state index contributed by atoms with van der Waals surface area (Å²) in [5.41, 5.74) is 1.06. The van der Waals surface area contributed by atoms with E-state index in [1.165, 1.54) is 11.3 Å². The molecule has 1 heterocycles. The molecule has 0 saturated heterocycles. The molecule has 1 aliphatic rings. The SMILES string of the molecule is CC1(CC(=O)Nc2nc(CCl)cs2)CC1. The van der Waals surface area contributed by atoms with E-state index < -0.39 is 0 Å². The first-order valence-corrected chi connectivity index (χ1v) is 6.33. The third kappa shape index (κ3) is 2.92. The standard InChI is InChI=1S/C10H13ClN2OS/c1-10(2-3-10)4-8(14)13-9-12-7(5-11)6-15-9/h6H,2-5H2,1H3,(H,12,13,14). The number of carbonyl (C=O) groups is 1. The molecule has 2 rings (SSSR count). The second-order valence-electron chi connectivity index (χ2n) is 4.31. The lowest BCUT2D eigenvalue weighted by Gasteiger charge is -2.06. The van der Waals surface area contributed by atoms with Crippen molar-refractivity contribution in [1.82, 2.24) is 4.98 Å². The Morgan fingerprint density at radius 3 is 3.00 bits per heavy atom. The molecule has 15 heavy (non-hydrogen) atoms. The zero-order valence-electron chi connectivity index (χ0n) is 8.55. The molecule has 1 aromatic rings. The lowest BCUT2D eigenvalue weighted by Crippen LogP contribution is -2.15. The van der Waals surface area contributed by atoms with Crippen LogP contribution in [0.1, 0.15) is 31.9 Å². The summed E-state index contributed by atoms with van der Waals surface area (Å²) in [6.45, 7) is 2.14. The molecule has 0 aromatic carbocycles. The van der Waals surface area contributed by atoms with Gasteiger partial charge >= 0.3 is 0 Å². The van der Waals surface area contributed by atoms with Gasteiger partial charge in [-0.25, -0.2) is 4.98 Å². The summed E-state index contributed by atoms with van der Waals surface area (Å²) in [6.07, 6.45) is 2.92. The van der Waals surface area contributed by atoms with E-state index in [9.17, 15) is 4.79 Å². The van der Waals surface area contributed by atoms with Crippen LogP contribution in [0.4, 0.5) is 5.13 Å². The molecule has 0 atom stereocenters. The minimum atomic E-state index is 0.0606. The number of halogens is 1. The second-order valence-corrected chi connectivity index (χ2v) is 5.44. The minimum absolute atomic E-state index is 0.0606. The fourth-order valence-corrected chi connectivity index (χ4v) is 2.32. The van der Waals surface area contributed by atoms with Gasteiger partial charge in [-0.2, -0.15) is 0 Å². The Balaban J connectivity index is 1.88. The highest BCUT2D eigenvalue weighted by atomic mass is 35.5. The van der Waals surface area contributed by atoms with E-state index in [2.05, 4.69) is 17.2 Å². The number of carbonyl (C=O) groups excluding carboxylic acids is 1. The molecule has 0 radical (unpaired) electrons. The molecule has 82 valence electrons. The van der Waals surface area contributed by atoms with Crippen LogP contribution in [-0.4, -0.2) is 10.9 Å². The molecule has 1 amide bonds. The third-order valence-electron chi connectivity index (χ3n) is 2.63. The summed E-state index contributed by atoms with van der Waals surface area (Å²) in [5, 5.41) is 5.32. The molecule has 0 spiro atoms. The van der Waals surface area contributed by atoms with Crippen LogP contribution in [0.15, 0.2) is 5.38 Å². The van der Waals surface area contributed by atoms with Crippen LogP contribution in [0.3, 0.4) is 0 Å². The highest BCUT2D eigenvalue weighted by Crippen LogP contribution is 2.48. The van der Waals surface area contributed by atoms with E-state index in [0.29, 0.717) is 17.4 Å². The summed E-state index contributed by atoms with van der Waals surface area (Å²) < 4.78 is 0. The van der Waals surface area contributed by atoms with E-state index in [-0.39, 0.29) is 11.3 Å². The largest absolute Gasteiger partial charge is 0.302 e. The molecule has 1 N–H and O–H groups in total. The van der Waals surface area contributed by atoms with E-state index in [1.807, 2.05) is 5.38 Å².